The van der Waals surface area contributed by atoms with E-state index in [2.05, 4.69) is 50.1 Å². The molecule has 0 saturated heterocycles. The van der Waals surface area contributed by atoms with Gasteiger partial charge in [0.05, 0.1) is 4.47 Å². The second-order valence-electron chi connectivity index (χ2n) is 4.86. The van der Waals surface area contributed by atoms with Gasteiger partial charge in [-0.05, 0) is 64.7 Å². The van der Waals surface area contributed by atoms with Crippen LogP contribution in [-0.4, -0.2) is 6.04 Å². The maximum Gasteiger partial charge on any atom is 0.134 e. The highest BCUT2D eigenvalue weighted by molar-refractivity contribution is 9.10. The molecule has 0 spiro atoms. The molecule has 0 heterocycles. The first kappa shape index (κ1) is 15.5. The lowest BCUT2D eigenvalue weighted by atomic mass is 10.1. The Morgan fingerprint density at radius 1 is 1.10 bits per heavy atom. The first-order valence-corrected chi connectivity index (χ1v) is 8.04. The second kappa shape index (κ2) is 7.25. The van der Waals surface area contributed by atoms with E-state index in [0.29, 0.717) is 6.61 Å². The molecule has 0 aromatic heterocycles. The smallest absolute Gasteiger partial charge is 0.134 e. The molecule has 0 aliphatic rings. The zero-order valence-electron chi connectivity index (χ0n) is 11.3. The first-order valence-electron chi connectivity index (χ1n) is 6.46. The van der Waals surface area contributed by atoms with E-state index >= 15 is 0 Å². The third-order valence-electron chi connectivity index (χ3n) is 2.84. The standard InChI is InChI=1S/C16H17Br2NO/c1-11(19)7-12-5-6-16(15(18)9-12)20-10-13-3-2-4-14(17)8-13/h2-6,8-9,11H,7,10,19H2,1H3. The van der Waals surface area contributed by atoms with Crippen LogP contribution >= 0.6 is 31.9 Å². The van der Waals surface area contributed by atoms with Gasteiger partial charge < -0.3 is 10.5 Å². The lowest BCUT2D eigenvalue weighted by Crippen LogP contribution is -2.17. The van der Waals surface area contributed by atoms with E-state index in [0.717, 1.165) is 26.7 Å². The summed E-state index contributed by atoms with van der Waals surface area (Å²) < 4.78 is 7.86. The van der Waals surface area contributed by atoms with E-state index in [4.69, 9.17) is 10.5 Å². The van der Waals surface area contributed by atoms with Crippen molar-refractivity contribution in [3.05, 3.63) is 62.5 Å². The van der Waals surface area contributed by atoms with Crippen molar-refractivity contribution >= 4 is 31.9 Å². The summed E-state index contributed by atoms with van der Waals surface area (Å²) in [6.07, 6.45) is 0.866. The number of hydrogen-bond donors (Lipinski definition) is 1. The summed E-state index contributed by atoms with van der Waals surface area (Å²) in [5.74, 6) is 0.846. The molecule has 106 valence electrons. The second-order valence-corrected chi connectivity index (χ2v) is 6.63. The molecule has 0 amide bonds. The van der Waals surface area contributed by atoms with Gasteiger partial charge in [0.1, 0.15) is 12.4 Å². The fourth-order valence-electron chi connectivity index (χ4n) is 1.95. The van der Waals surface area contributed by atoms with Gasteiger partial charge >= 0.3 is 0 Å². The Kier molecular flexibility index (Phi) is 5.64. The Bertz CT molecular complexity index is 584. The molecule has 2 nitrogen and oxygen atoms in total. The van der Waals surface area contributed by atoms with E-state index in [1.807, 2.05) is 31.2 Å². The largest absolute Gasteiger partial charge is 0.488 e. The Hall–Kier alpha value is -0.840. The van der Waals surface area contributed by atoms with E-state index in [1.165, 1.54) is 5.56 Å². The Labute approximate surface area is 136 Å². The monoisotopic (exact) mass is 397 g/mol. The summed E-state index contributed by atoms with van der Waals surface area (Å²) in [6.45, 7) is 2.55. The van der Waals surface area contributed by atoms with Crippen LogP contribution in [0.4, 0.5) is 0 Å². The zero-order valence-corrected chi connectivity index (χ0v) is 14.4. The third kappa shape index (κ3) is 4.62. The number of nitrogens with two attached hydrogens (primary N) is 1. The summed E-state index contributed by atoms with van der Waals surface area (Å²) in [7, 11) is 0. The minimum Gasteiger partial charge on any atom is -0.488 e. The molecule has 1 unspecified atom stereocenters. The lowest BCUT2D eigenvalue weighted by molar-refractivity contribution is 0.304. The van der Waals surface area contributed by atoms with Gasteiger partial charge in [-0.3, -0.25) is 0 Å². The van der Waals surface area contributed by atoms with E-state index in [1.54, 1.807) is 0 Å². The highest BCUT2D eigenvalue weighted by Gasteiger charge is 2.05. The highest BCUT2D eigenvalue weighted by Crippen LogP contribution is 2.27. The molecule has 0 fully saturated rings. The fraction of sp³-hybridized carbons (Fsp3) is 0.250. The minimum absolute atomic E-state index is 0.162. The molecule has 2 aromatic carbocycles. The predicted molar refractivity (Wildman–Crippen MR) is 90.0 cm³/mol. The van der Waals surface area contributed by atoms with Crippen molar-refractivity contribution in [1.29, 1.82) is 0 Å². The lowest BCUT2D eigenvalue weighted by Gasteiger charge is -2.11. The summed E-state index contributed by atoms with van der Waals surface area (Å²) in [6, 6.07) is 14.4. The van der Waals surface area contributed by atoms with Crippen LogP contribution in [0.3, 0.4) is 0 Å². The van der Waals surface area contributed by atoms with Crippen molar-refractivity contribution in [2.24, 2.45) is 5.73 Å². The van der Waals surface area contributed by atoms with Crippen molar-refractivity contribution in [2.75, 3.05) is 0 Å². The van der Waals surface area contributed by atoms with Crippen LogP contribution in [0.25, 0.3) is 0 Å². The quantitative estimate of drug-likeness (QED) is 0.793. The molecule has 0 aliphatic heterocycles. The predicted octanol–water partition coefficient (Wildman–Crippen LogP) is 4.68. The molecule has 2 aromatic rings. The fourth-order valence-corrected chi connectivity index (χ4v) is 2.94. The minimum atomic E-state index is 0.162. The average Bonchev–Trinajstić information content (AvgIpc) is 2.37. The van der Waals surface area contributed by atoms with Crippen LogP contribution in [0.1, 0.15) is 18.1 Å². The highest BCUT2D eigenvalue weighted by atomic mass is 79.9. The van der Waals surface area contributed by atoms with Gasteiger partial charge in [-0.2, -0.15) is 0 Å². The van der Waals surface area contributed by atoms with Gasteiger partial charge in [0.25, 0.3) is 0 Å². The summed E-state index contributed by atoms with van der Waals surface area (Å²) in [4.78, 5) is 0. The number of ether oxygens (including phenoxy) is 1. The topological polar surface area (TPSA) is 35.2 Å². The molecular weight excluding hydrogens is 382 g/mol. The molecule has 0 bridgehead atoms. The van der Waals surface area contributed by atoms with E-state index in [9.17, 15) is 0 Å². The molecule has 2 N–H and O–H groups in total. The van der Waals surface area contributed by atoms with Crippen LogP contribution < -0.4 is 10.5 Å². The SMILES string of the molecule is CC(N)Cc1ccc(OCc2cccc(Br)c2)c(Br)c1. The number of benzene rings is 2. The molecule has 2 rings (SSSR count). The Balaban J connectivity index is 2.03. The number of halogens is 2. The van der Waals surface area contributed by atoms with Crippen LogP contribution in [-0.2, 0) is 13.0 Å². The maximum atomic E-state index is 5.84. The van der Waals surface area contributed by atoms with E-state index < -0.39 is 0 Å². The van der Waals surface area contributed by atoms with E-state index in [-0.39, 0.29) is 6.04 Å². The molecular formula is C16H17Br2NO. The van der Waals surface area contributed by atoms with Crippen LogP contribution in [0.5, 0.6) is 5.75 Å². The van der Waals surface area contributed by atoms with Crippen molar-refractivity contribution < 1.29 is 4.74 Å². The molecule has 0 radical (unpaired) electrons. The zero-order chi connectivity index (χ0) is 14.5. The molecule has 20 heavy (non-hydrogen) atoms. The van der Waals surface area contributed by atoms with Crippen molar-refractivity contribution in [1.82, 2.24) is 0 Å². The van der Waals surface area contributed by atoms with Gasteiger partial charge in [-0.15, -0.1) is 0 Å². The van der Waals surface area contributed by atoms with Crippen LogP contribution in [0.15, 0.2) is 51.4 Å². The van der Waals surface area contributed by atoms with Gasteiger partial charge in [-0.25, -0.2) is 0 Å². The van der Waals surface area contributed by atoms with Gasteiger partial charge in [0.15, 0.2) is 0 Å². The van der Waals surface area contributed by atoms with Crippen molar-refractivity contribution in [2.45, 2.75) is 26.0 Å². The molecule has 1 atom stereocenters. The van der Waals surface area contributed by atoms with Gasteiger partial charge in [0, 0.05) is 10.5 Å². The van der Waals surface area contributed by atoms with Crippen LogP contribution in [0.2, 0.25) is 0 Å². The van der Waals surface area contributed by atoms with Gasteiger partial charge in [-0.1, -0.05) is 34.1 Å². The molecule has 0 saturated carbocycles. The Morgan fingerprint density at radius 3 is 2.55 bits per heavy atom. The molecule has 4 heteroatoms. The summed E-state index contributed by atoms with van der Waals surface area (Å²) in [5.41, 5.74) is 8.15. The normalized spacial score (nSPS) is 12.2. The third-order valence-corrected chi connectivity index (χ3v) is 3.95. The number of hydrogen-bond acceptors (Lipinski definition) is 2. The number of rotatable bonds is 5. The summed E-state index contributed by atoms with van der Waals surface area (Å²) in [5, 5.41) is 0. The molecule has 0 aliphatic carbocycles. The van der Waals surface area contributed by atoms with Crippen molar-refractivity contribution in [3.63, 3.8) is 0 Å². The van der Waals surface area contributed by atoms with Crippen molar-refractivity contribution in [3.8, 4) is 5.75 Å². The summed E-state index contributed by atoms with van der Waals surface area (Å²) >= 11 is 7.01. The first-order chi connectivity index (χ1) is 9.54. The average molecular weight is 399 g/mol. The maximum absolute atomic E-state index is 5.84. The van der Waals surface area contributed by atoms with Gasteiger partial charge in [0.2, 0.25) is 0 Å². The van der Waals surface area contributed by atoms with Crippen LogP contribution in [0, 0.1) is 0 Å². The Morgan fingerprint density at radius 2 is 1.90 bits per heavy atom.